The Balaban J connectivity index is 1.45. The first-order chi connectivity index (χ1) is 16.7. The normalized spacial score (nSPS) is 24.5. The molecule has 2 aliphatic heterocycles. The van der Waals surface area contributed by atoms with Crippen molar-refractivity contribution in [1.82, 2.24) is 0 Å². The van der Waals surface area contributed by atoms with E-state index in [0.717, 1.165) is 73.0 Å². The zero-order chi connectivity index (χ0) is 24.7. The zero-order valence-electron chi connectivity index (χ0n) is 20.4. The second kappa shape index (κ2) is 9.72. The smallest absolute Gasteiger partial charge is 0.371 e. The predicted octanol–water partition coefficient (Wildman–Crippen LogP) is 7.76. The van der Waals surface area contributed by atoms with Gasteiger partial charge >= 0.3 is 6.18 Å². The number of amides is 1. The molecule has 1 saturated heterocycles. The van der Waals surface area contributed by atoms with Crippen molar-refractivity contribution < 1.29 is 18.0 Å². The van der Waals surface area contributed by atoms with E-state index in [9.17, 15) is 18.0 Å². The van der Waals surface area contributed by atoms with Crippen molar-refractivity contribution in [3.05, 3.63) is 47.0 Å². The minimum absolute atomic E-state index is 0.137. The lowest BCUT2D eigenvalue weighted by molar-refractivity contribution is -0.137. The van der Waals surface area contributed by atoms with E-state index in [-0.39, 0.29) is 11.8 Å². The van der Waals surface area contributed by atoms with E-state index in [1.165, 1.54) is 24.2 Å². The number of carbonyl (C=O) groups excluding carboxylic acids is 1. The van der Waals surface area contributed by atoms with Crippen LogP contribution in [0.2, 0.25) is 0 Å². The predicted molar refractivity (Wildman–Crippen MR) is 135 cm³/mol. The van der Waals surface area contributed by atoms with Crippen LogP contribution < -0.4 is 10.2 Å². The van der Waals surface area contributed by atoms with E-state index >= 15 is 0 Å². The van der Waals surface area contributed by atoms with Gasteiger partial charge in [-0.1, -0.05) is 44.5 Å². The van der Waals surface area contributed by atoms with Crippen molar-refractivity contribution in [3.8, 4) is 0 Å². The van der Waals surface area contributed by atoms with Gasteiger partial charge in [-0.15, -0.1) is 0 Å². The third-order valence-corrected chi connectivity index (χ3v) is 8.95. The number of hydrogen-bond acceptors (Lipinski definition) is 3. The molecule has 35 heavy (non-hydrogen) atoms. The van der Waals surface area contributed by atoms with E-state index in [2.05, 4.69) is 42.3 Å². The van der Waals surface area contributed by atoms with Gasteiger partial charge in [0.2, 0.25) is 5.91 Å². The lowest BCUT2D eigenvalue weighted by atomic mass is 9.82. The molecule has 3 atom stereocenters. The maximum atomic E-state index is 13.8. The highest BCUT2D eigenvalue weighted by Crippen LogP contribution is 2.47. The Bertz CT molecular complexity index is 1120. The molecule has 2 heterocycles. The van der Waals surface area contributed by atoms with E-state index in [0.29, 0.717) is 28.8 Å². The molecule has 0 aromatic heterocycles. The van der Waals surface area contributed by atoms with Gasteiger partial charge in [-0.3, -0.25) is 4.79 Å². The molecule has 2 fully saturated rings. The molecule has 2 aromatic carbocycles. The Hall–Kier alpha value is -2.15. The minimum Gasteiger partial charge on any atom is -0.371 e. The van der Waals surface area contributed by atoms with Gasteiger partial charge in [-0.05, 0) is 72.9 Å². The van der Waals surface area contributed by atoms with Crippen LogP contribution >= 0.6 is 11.8 Å². The summed E-state index contributed by atoms with van der Waals surface area (Å²) in [5, 5.41) is 2.91. The summed E-state index contributed by atoms with van der Waals surface area (Å²) in [6, 6.07) is 8.73. The fraction of sp³-hybridized carbons (Fsp3) is 0.536. The summed E-state index contributed by atoms with van der Waals surface area (Å²) in [4.78, 5) is 17.0. The molecule has 0 radical (unpaired) electrons. The largest absolute Gasteiger partial charge is 0.416 e. The van der Waals surface area contributed by atoms with Gasteiger partial charge in [0.15, 0.2) is 0 Å². The van der Waals surface area contributed by atoms with E-state index in [4.69, 9.17) is 0 Å². The molecule has 2 aromatic rings. The van der Waals surface area contributed by atoms with Crippen LogP contribution in [0, 0.1) is 17.8 Å². The first-order valence-corrected chi connectivity index (χ1v) is 13.6. The molecule has 0 spiro atoms. The number of alkyl halides is 3. The van der Waals surface area contributed by atoms with Crippen LogP contribution in [0.5, 0.6) is 0 Å². The molecule has 1 aliphatic carbocycles. The molecule has 5 rings (SSSR count). The average molecular weight is 503 g/mol. The van der Waals surface area contributed by atoms with Crippen LogP contribution in [0.25, 0.3) is 0 Å². The Morgan fingerprint density at radius 2 is 1.83 bits per heavy atom. The van der Waals surface area contributed by atoms with Gasteiger partial charge in [-0.25, -0.2) is 0 Å². The third-order valence-electron chi connectivity index (χ3n) is 7.76. The number of benzene rings is 2. The molecule has 7 heteroatoms. The lowest BCUT2D eigenvalue weighted by Crippen LogP contribution is -2.34. The molecule has 1 amide bonds. The van der Waals surface area contributed by atoms with Crippen LogP contribution in [-0.4, -0.2) is 19.0 Å². The van der Waals surface area contributed by atoms with Crippen molar-refractivity contribution in [3.63, 3.8) is 0 Å². The number of piperidine rings is 1. The second-order valence-corrected chi connectivity index (χ2v) is 11.8. The molecule has 3 unspecified atom stereocenters. The Labute approximate surface area is 209 Å². The number of nitrogens with zero attached hydrogens (tertiary/aromatic N) is 1. The van der Waals surface area contributed by atoms with Gasteiger partial charge in [0.1, 0.15) is 0 Å². The first kappa shape index (κ1) is 24.5. The zero-order valence-corrected chi connectivity index (χ0v) is 21.2. The van der Waals surface area contributed by atoms with Crippen molar-refractivity contribution in [2.45, 2.75) is 74.8 Å². The molecule has 1 saturated carbocycles. The van der Waals surface area contributed by atoms with Crippen LogP contribution in [0.3, 0.4) is 0 Å². The fourth-order valence-electron chi connectivity index (χ4n) is 5.81. The van der Waals surface area contributed by atoms with Crippen molar-refractivity contribution in [2.75, 3.05) is 23.3 Å². The topological polar surface area (TPSA) is 32.3 Å². The maximum Gasteiger partial charge on any atom is 0.416 e. The van der Waals surface area contributed by atoms with Gasteiger partial charge in [-0.2, -0.15) is 13.2 Å². The van der Waals surface area contributed by atoms with E-state index < -0.39 is 11.7 Å². The quantitative estimate of drug-likeness (QED) is 0.397. The van der Waals surface area contributed by atoms with Crippen molar-refractivity contribution >= 4 is 29.0 Å². The highest BCUT2D eigenvalue weighted by atomic mass is 32.2. The standard InChI is InChI=1S/C28H33F3N2OS/c1-17-5-3-7-20(11-17)27(34)32-24-13-21(28(29,30)31)14-26-23(24)12-19-8-9-22(15-25(19)35-26)33-10-4-6-18(2)16-33/h8-9,13-15,17-18,20H,3-7,10-12,16H2,1-2H3,(H,32,34). The maximum absolute atomic E-state index is 13.8. The molecule has 1 N–H and O–H groups in total. The summed E-state index contributed by atoms with van der Waals surface area (Å²) in [5.74, 6) is 0.820. The second-order valence-electron chi connectivity index (χ2n) is 10.7. The fourth-order valence-corrected chi connectivity index (χ4v) is 6.99. The SMILES string of the molecule is CC1CCCC(C(=O)Nc2cc(C(F)(F)F)cc3c2Cc2ccc(N4CCCC(C)C4)cc2S3)C1. The molecule has 3 nitrogen and oxygen atoms in total. The number of nitrogens with one attached hydrogen (secondary N) is 1. The molecular weight excluding hydrogens is 469 g/mol. The Morgan fingerprint density at radius 3 is 2.57 bits per heavy atom. The highest BCUT2D eigenvalue weighted by molar-refractivity contribution is 7.99. The van der Waals surface area contributed by atoms with E-state index in [1.807, 2.05) is 0 Å². The van der Waals surface area contributed by atoms with Crippen LogP contribution in [-0.2, 0) is 17.4 Å². The Morgan fingerprint density at radius 1 is 1.03 bits per heavy atom. The van der Waals surface area contributed by atoms with Crippen molar-refractivity contribution in [2.24, 2.45) is 17.8 Å². The van der Waals surface area contributed by atoms with Gasteiger partial charge in [0.05, 0.1) is 5.56 Å². The van der Waals surface area contributed by atoms with Crippen LogP contribution in [0.1, 0.15) is 69.1 Å². The number of hydrogen-bond donors (Lipinski definition) is 1. The van der Waals surface area contributed by atoms with Crippen LogP contribution in [0.4, 0.5) is 24.5 Å². The first-order valence-electron chi connectivity index (χ1n) is 12.8. The molecule has 3 aliphatic rings. The monoisotopic (exact) mass is 502 g/mol. The molecule has 188 valence electrons. The third kappa shape index (κ3) is 5.35. The number of anilines is 2. The van der Waals surface area contributed by atoms with E-state index in [1.54, 1.807) is 0 Å². The summed E-state index contributed by atoms with van der Waals surface area (Å²) in [6.45, 7) is 6.42. The summed E-state index contributed by atoms with van der Waals surface area (Å²) in [5.41, 5.74) is 2.62. The molecule has 0 bridgehead atoms. The lowest BCUT2D eigenvalue weighted by Gasteiger charge is -2.34. The Kier molecular flexibility index (Phi) is 6.81. The van der Waals surface area contributed by atoms with Gasteiger partial charge < -0.3 is 10.2 Å². The van der Waals surface area contributed by atoms with Gasteiger partial charge in [0, 0.05) is 46.6 Å². The van der Waals surface area contributed by atoms with Crippen LogP contribution in [0.15, 0.2) is 40.1 Å². The number of fused-ring (bicyclic) bond motifs is 2. The summed E-state index contributed by atoms with van der Waals surface area (Å²) in [6.07, 6.45) is 2.12. The molecular formula is C28H33F3N2OS. The number of halogens is 3. The van der Waals surface area contributed by atoms with Gasteiger partial charge in [0.25, 0.3) is 0 Å². The average Bonchev–Trinajstić information content (AvgIpc) is 2.82. The number of rotatable bonds is 3. The summed E-state index contributed by atoms with van der Waals surface area (Å²) in [7, 11) is 0. The summed E-state index contributed by atoms with van der Waals surface area (Å²) < 4.78 is 41.4. The highest BCUT2D eigenvalue weighted by Gasteiger charge is 2.34. The van der Waals surface area contributed by atoms with Crippen molar-refractivity contribution in [1.29, 1.82) is 0 Å². The summed E-state index contributed by atoms with van der Waals surface area (Å²) >= 11 is 1.39. The minimum atomic E-state index is -4.47. The number of carbonyl (C=O) groups is 1.